The van der Waals surface area contributed by atoms with Gasteiger partial charge in [-0.1, -0.05) is 25.2 Å². The molecule has 0 aliphatic rings. The van der Waals surface area contributed by atoms with Crippen molar-refractivity contribution in [1.29, 1.82) is 0 Å². The predicted octanol–water partition coefficient (Wildman–Crippen LogP) is 1.91. The number of nitrogens with zero attached hydrogens (tertiary/aromatic N) is 2. The Labute approximate surface area is 91.7 Å². The van der Waals surface area contributed by atoms with Gasteiger partial charge in [-0.25, -0.2) is 0 Å². The number of aromatic nitrogens is 2. The van der Waals surface area contributed by atoms with Crippen molar-refractivity contribution in [3.05, 3.63) is 5.01 Å². The first-order chi connectivity index (χ1) is 6.61. The fraction of sp³-hybridized carbons (Fsp3) is 0.625. The molecule has 0 unspecified atom stereocenters. The quantitative estimate of drug-likeness (QED) is 0.809. The SMILES string of the molecule is CC(C)Cc1nnc(NC(=O)CCl)s1. The fourth-order valence-corrected chi connectivity index (χ4v) is 1.92. The average molecular weight is 234 g/mol. The summed E-state index contributed by atoms with van der Waals surface area (Å²) in [5, 5.41) is 11.8. The first-order valence-electron chi connectivity index (χ1n) is 4.30. The Kier molecular flexibility index (Phi) is 4.28. The molecule has 0 radical (unpaired) electrons. The molecule has 0 aromatic carbocycles. The van der Waals surface area contributed by atoms with E-state index in [1.807, 2.05) is 0 Å². The third kappa shape index (κ3) is 3.59. The van der Waals surface area contributed by atoms with Crippen LogP contribution in [0.4, 0.5) is 5.13 Å². The zero-order chi connectivity index (χ0) is 10.6. The smallest absolute Gasteiger partial charge is 0.241 e. The van der Waals surface area contributed by atoms with E-state index in [4.69, 9.17) is 11.6 Å². The Balaban J connectivity index is 2.55. The van der Waals surface area contributed by atoms with E-state index in [1.165, 1.54) is 11.3 Å². The van der Waals surface area contributed by atoms with E-state index >= 15 is 0 Å². The van der Waals surface area contributed by atoms with Crippen molar-refractivity contribution < 1.29 is 4.79 Å². The predicted molar refractivity (Wildman–Crippen MR) is 57.8 cm³/mol. The van der Waals surface area contributed by atoms with Crippen LogP contribution in [0.2, 0.25) is 0 Å². The van der Waals surface area contributed by atoms with E-state index in [0.717, 1.165) is 11.4 Å². The van der Waals surface area contributed by atoms with Gasteiger partial charge in [-0.15, -0.1) is 21.8 Å². The number of nitrogens with one attached hydrogen (secondary N) is 1. The maximum atomic E-state index is 10.9. The molecule has 78 valence electrons. The topological polar surface area (TPSA) is 54.9 Å². The summed E-state index contributed by atoms with van der Waals surface area (Å²) in [5.74, 6) is 0.234. The van der Waals surface area contributed by atoms with E-state index in [9.17, 15) is 4.79 Å². The third-order valence-electron chi connectivity index (χ3n) is 1.42. The van der Waals surface area contributed by atoms with E-state index < -0.39 is 0 Å². The summed E-state index contributed by atoms with van der Waals surface area (Å²) >= 11 is 6.73. The Morgan fingerprint density at radius 2 is 2.29 bits per heavy atom. The lowest BCUT2D eigenvalue weighted by Gasteiger charge is -1.97. The average Bonchev–Trinajstić information content (AvgIpc) is 2.51. The summed E-state index contributed by atoms with van der Waals surface area (Å²) in [4.78, 5) is 10.9. The van der Waals surface area contributed by atoms with Crippen LogP contribution in [0.15, 0.2) is 0 Å². The van der Waals surface area contributed by atoms with Gasteiger partial charge in [-0.2, -0.15) is 0 Å². The van der Waals surface area contributed by atoms with E-state index in [0.29, 0.717) is 11.0 Å². The van der Waals surface area contributed by atoms with Gasteiger partial charge >= 0.3 is 0 Å². The molecule has 4 nitrogen and oxygen atoms in total. The maximum absolute atomic E-state index is 10.9. The van der Waals surface area contributed by atoms with Crippen molar-refractivity contribution in [1.82, 2.24) is 10.2 Å². The molecule has 0 atom stereocenters. The Morgan fingerprint density at radius 3 is 2.86 bits per heavy atom. The highest BCUT2D eigenvalue weighted by Gasteiger charge is 2.08. The molecule has 1 rings (SSSR count). The molecule has 1 N–H and O–H groups in total. The molecule has 6 heteroatoms. The second-order valence-electron chi connectivity index (χ2n) is 3.28. The zero-order valence-electron chi connectivity index (χ0n) is 8.08. The monoisotopic (exact) mass is 233 g/mol. The van der Waals surface area contributed by atoms with Crippen LogP contribution in [0.3, 0.4) is 0 Å². The van der Waals surface area contributed by atoms with Gasteiger partial charge < -0.3 is 0 Å². The number of carbonyl (C=O) groups is 1. The highest BCUT2D eigenvalue weighted by molar-refractivity contribution is 7.15. The molecule has 0 saturated heterocycles. The molecule has 0 aliphatic carbocycles. The number of alkyl halides is 1. The lowest BCUT2D eigenvalue weighted by molar-refractivity contribution is -0.113. The van der Waals surface area contributed by atoms with Crippen molar-refractivity contribution in [3.63, 3.8) is 0 Å². The number of carbonyl (C=O) groups excluding carboxylic acids is 1. The molecule has 0 fully saturated rings. The number of rotatable bonds is 4. The first-order valence-corrected chi connectivity index (χ1v) is 5.65. The molecule has 1 aromatic rings. The van der Waals surface area contributed by atoms with Crippen LogP contribution in [0, 0.1) is 5.92 Å². The van der Waals surface area contributed by atoms with Gasteiger partial charge in [-0.3, -0.25) is 10.1 Å². The zero-order valence-corrected chi connectivity index (χ0v) is 9.65. The van der Waals surface area contributed by atoms with Crippen LogP contribution < -0.4 is 5.32 Å². The largest absolute Gasteiger partial charge is 0.299 e. The molecule has 0 bridgehead atoms. The van der Waals surface area contributed by atoms with Gasteiger partial charge in [0.25, 0.3) is 0 Å². The third-order valence-corrected chi connectivity index (χ3v) is 2.52. The van der Waals surface area contributed by atoms with Crippen LogP contribution in [-0.4, -0.2) is 22.0 Å². The number of halogens is 1. The van der Waals surface area contributed by atoms with E-state index in [2.05, 4.69) is 29.4 Å². The van der Waals surface area contributed by atoms with Gasteiger partial charge in [-0.05, 0) is 5.92 Å². The minimum Gasteiger partial charge on any atom is -0.299 e. The Morgan fingerprint density at radius 1 is 1.57 bits per heavy atom. The number of hydrogen-bond donors (Lipinski definition) is 1. The van der Waals surface area contributed by atoms with Crippen LogP contribution in [0.1, 0.15) is 18.9 Å². The normalized spacial score (nSPS) is 10.6. The molecular formula is C8H12ClN3OS. The van der Waals surface area contributed by atoms with Crippen LogP contribution >= 0.6 is 22.9 Å². The fourth-order valence-electron chi connectivity index (χ4n) is 0.889. The Bertz CT molecular complexity index is 313. The summed E-state index contributed by atoms with van der Waals surface area (Å²) in [7, 11) is 0. The summed E-state index contributed by atoms with van der Waals surface area (Å²) in [5.41, 5.74) is 0. The molecule has 1 aromatic heterocycles. The summed E-state index contributed by atoms with van der Waals surface area (Å²) in [6, 6.07) is 0. The standard InChI is InChI=1S/C8H12ClN3OS/c1-5(2)3-7-11-12-8(14-7)10-6(13)4-9/h5H,3-4H2,1-2H3,(H,10,12,13). The van der Waals surface area contributed by atoms with Crippen molar-refractivity contribution in [2.75, 3.05) is 11.2 Å². The van der Waals surface area contributed by atoms with Crippen LogP contribution in [0.25, 0.3) is 0 Å². The second kappa shape index (κ2) is 5.26. The van der Waals surface area contributed by atoms with Crippen molar-refractivity contribution in [2.45, 2.75) is 20.3 Å². The maximum Gasteiger partial charge on any atom is 0.241 e. The molecule has 1 amide bonds. The highest BCUT2D eigenvalue weighted by Crippen LogP contribution is 2.17. The van der Waals surface area contributed by atoms with E-state index in [-0.39, 0.29) is 11.8 Å². The molecular weight excluding hydrogens is 222 g/mol. The van der Waals surface area contributed by atoms with Crippen molar-refractivity contribution >= 4 is 34.0 Å². The summed E-state index contributed by atoms with van der Waals surface area (Å²) < 4.78 is 0. The molecule has 1 heterocycles. The molecule has 0 spiro atoms. The van der Waals surface area contributed by atoms with Gasteiger partial charge in [0.15, 0.2) is 0 Å². The first kappa shape index (κ1) is 11.4. The van der Waals surface area contributed by atoms with Gasteiger partial charge in [0.05, 0.1) is 0 Å². The lowest BCUT2D eigenvalue weighted by atomic mass is 10.1. The number of hydrogen-bond acceptors (Lipinski definition) is 4. The lowest BCUT2D eigenvalue weighted by Crippen LogP contribution is -2.12. The molecule has 0 saturated carbocycles. The number of anilines is 1. The molecule has 14 heavy (non-hydrogen) atoms. The van der Waals surface area contributed by atoms with Gasteiger partial charge in [0.2, 0.25) is 11.0 Å². The number of amides is 1. The minimum atomic E-state index is -0.251. The van der Waals surface area contributed by atoms with Gasteiger partial charge in [0, 0.05) is 6.42 Å². The summed E-state index contributed by atoms with van der Waals surface area (Å²) in [6.07, 6.45) is 0.883. The van der Waals surface area contributed by atoms with Crippen LogP contribution in [-0.2, 0) is 11.2 Å². The van der Waals surface area contributed by atoms with Crippen LogP contribution in [0.5, 0.6) is 0 Å². The molecule has 0 aliphatic heterocycles. The Hall–Kier alpha value is -0.680. The highest BCUT2D eigenvalue weighted by atomic mass is 35.5. The minimum absolute atomic E-state index is 0.0565. The van der Waals surface area contributed by atoms with E-state index in [1.54, 1.807) is 0 Å². The van der Waals surface area contributed by atoms with Crippen molar-refractivity contribution in [3.8, 4) is 0 Å². The van der Waals surface area contributed by atoms with Gasteiger partial charge in [0.1, 0.15) is 10.9 Å². The second-order valence-corrected chi connectivity index (χ2v) is 4.61. The van der Waals surface area contributed by atoms with Crippen molar-refractivity contribution in [2.24, 2.45) is 5.92 Å². The summed E-state index contributed by atoms with van der Waals surface area (Å²) in [6.45, 7) is 4.22.